The fourth-order valence-corrected chi connectivity index (χ4v) is 5.81. The highest BCUT2D eigenvalue weighted by Gasteiger charge is 2.39. The SMILES string of the molecule is CC(NS(=O)(=O)c1ccc(-c2c(C#N)c3ncc(Cl)cc3n2C2CCCCC2)cc1)C(F)(F)F. The second kappa shape index (κ2) is 9.21. The number of rotatable bonds is 5. The van der Waals surface area contributed by atoms with Crippen LogP contribution in [-0.4, -0.2) is 30.2 Å². The molecule has 0 radical (unpaired) electrons. The summed E-state index contributed by atoms with van der Waals surface area (Å²) in [7, 11) is -4.39. The predicted octanol–water partition coefficient (Wildman–Crippen LogP) is 5.96. The lowest BCUT2D eigenvalue weighted by Gasteiger charge is -2.26. The zero-order valence-electron chi connectivity index (χ0n) is 18.2. The van der Waals surface area contributed by atoms with Crippen molar-refractivity contribution in [2.75, 3.05) is 0 Å². The lowest BCUT2D eigenvalue weighted by Crippen LogP contribution is -2.42. The summed E-state index contributed by atoms with van der Waals surface area (Å²) in [6.07, 6.45) is 1.82. The van der Waals surface area contributed by atoms with Gasteiger partial charge in [-0.1, -0.05) is 43.0 Å². The van der Waals surface area contributed by atoms with Gasteiger partial charge in [0.05, 0.1) is 21.1 Å². The van der Waals surface area contributed by atoms with Crippen LogP contribution in [0.5, 0.6) is 0 Å². The molecular formula is C23H22ClF3N4O2S. The number of aromatic nitrogens is 2. The van der Waals surface area contributed by atoms with Crippen LogP contribution in [0.4, 0.5) is 13.2 Å². The lowest BCUT2D eigenvalue weighted by atomic mass is 9.94. The van der Waals surface area contributed by atoms with E-state index in [1.165, 1.54) is 30.5 Å². The third-order valence-corrected chi connectivity index (χ3v) is 7.88. The van der Waals surface area contributed by atoms with Gasteiger partial charge in [0.2, 0.25) is 10.0 Å². The second-order valence-electron chi connectivity index (χ2n) is 8.43. The average molecular weight is 511 g/mol. The third kappa shape index (κ3) is 4.65. The Hall–Kier alpha value is -2.61. The predicted molar refractivity (Wildman–Crippen MR) is 123 cm³/mol. The molecule has 4 rings (SSSR count). The number of alkyl halides is 3. The molecule has 1 fully saturated rings. The molecular weight excluding hydrogens is 489 g/mol. The maximum Gasteiger partial charge on any atom is 0.404 e. The van der Waals surface area contributed by atoms with Crippen LogP contribution in [0.1, 0.15) is 50.6 Å². The molecule has 1 atom stereocenters. The van der Waals surface area contributed by atoms with E-state index in [1.54, 1.807) is 10.8 Å². The molecule has 0 spiro atoms. The molecule has 1 aliphatic carbocycles. The van der Waals surface area contributed by atoms with Crippen molar-refractivity contribution in [1.29, 1.82) is 5.26 Å². The van der Waals surface area contributed by atoms with Gasteiger partial charge in [0, 0.05) is 12.2 Å². The summed E-state index contributed by atoms with van der Waals surface area (Å²) in [5, 5.41) is 10.4. The van der Waals surface area contributed by atoms with Crippen LogP contribution in [-0.2, 0) is 10.0 Å². The van der Waals surface area contributed by atoms with Crippen LogP contribution >= 0.6 is 11.6 Å². The number of benzene rings is 1. The summed E-state index contributed by atoms with van der Waals surface area (Å²) in [5.74, 6) is 0. The fourth-order valence-electron chi connectivity index (χ4n) is 4.43. The van der Waals surface area contributed by atoms with E-state index in [0.29, 0.717) is 27.4 Å². The first-order valence-corrected chi connectivity index (χ1v) is 12.7. The molecule has 1 unspecified atom stereocenters. The van der Waals surface area contributed by atoms with Crippen LogP contribution in [0.25, 0.3) is 22.3 Å². The third-order valence-electron chi connectivity index (χ3n) is 6.12. The molecule has 3 aromatic rings. The maximum absolute atomic E-state index is 12.8. The number of nitriles is 1. The minimum absolute atomic E-state index is 0.117. The molecule has 1 saturated carbocycles. The van der Waals surface area contributed by atoms with Gasteiger partial charge >= 0.3 is 6.18 Å². The van der Waals surface area contributed by atoms with Gasteiger partial charge in [0.25, 0.3) is 0 Å². The van der Waals surface area contributed by atoms with Crippen LogP contribution in [0, 0.1) is 11.3 Å². The van der Waals surface area contributed by atoms with E-state index in [4.69, 9.17) is 11.6 Å². The Balaban J connectivity index is 1.82. The van der Waals surface area contributed by atoms with Gasteiger partial charge in [-0.2, -0.15) is 23.2 Å². The van der Waals surface area contributed by atoms with Crippen molar-refractivity contribution in [2.45, 2.75) is 62.2 Å². The van der Waals surface area contributed by atoms with Crippen molar-refractivity contribution >= 4 is 32.7 Å². The Morgan fingerprint density at radius 2 is 1.85 bits per heavy atom. The lowest BCUT2D eigenvalue weighted by molar-refractivity contribution is -0.147. The molecule has 180 valence electrons. The van der Waals surface area contributed by atoms with Crippen molar-refractivity contribution in [3.8, 4) is 17.3 Å². The first-order valence-electron chi connectivity index (χ1n) is 10.8. The smallest absolute Gasteiger partial charge is 0.335 e. The molecule has 1 aliphatic rings. The molecule has 34 heavy (non-hydrogen) atoms. The quantitative estimate of drug-likeness (QED) is 0.458. The van der Waals surface area contributed by atoms with Crippen LogP contribution < -0.4 is 4.72 Å². The molecule has 0 amide bonds. The van der Waals surface area contributed by atoms with Crippen molar-refractivity contribution < 1.29 is 21.6 Å². The number of pyridine rings is 1. The van der Waals surface area contributed by atoms with Crippen molar-refractivity contribution in [3.63, 3.8) is 0 Å². The number of fused-ring (bicyclic) bond motifs is 1. The largest absolute Gasteiger partial charge is 0.404 e. The number of halogens is 4. The normalized spacial score (nSPS) is 16.5. The van der Waals surface area contributed by atoms with Gasteiger partial charge in [0.15, 0.2) is 0 Å². The van der Waals surface area contributed by atoms with Gasteiger partial charge in [0.1, 0.15) is 23.2 Å². The molecule has 11 heteroatoms. The van der Waals surface area contributed by atoms with E-state index < -0.39 is 22.2 Å². The van der Waals surface area contributed by atoms with Crippen LogP contribution in [0.2, 0.25) is 5.02 Å². The van der Waals surface area contributed by atoms with E-state index in [-0.39, 0.29) is 10.9 Å². The summed E-state index contributed by atoms with van der Waals surface area (Å²) in [6, 6.07) is 7.37. The van der Waals surface area contributed by atoms with E-state index in [2.05, 4.69) is 15.6 Å². The topological polar surface area (TPSA) is 87.8 Å². The monoisotopic (exact) mass is 510 g/mol. The maximum atomic E-state index is 12.8. The Labute approximate surface area is 200 Å². The van der Waals surface area contributed by atoms with E-state index in [0.717, 1.165) is 44.5 Å². The van der Waals surface area contributed by atoms with Gasteiger partial charge in [-0.15, -0.1) is 0 Å². The summed E-state index contributed by atoms with van der Waals surface area (Å²) in [5.41, 5.74) is 2.74. The van der Waals surface area contributed by atoms with Crippen molar-refractivity contribution in [2.24, 2.45) is 0 Å². The molecule has 1 aromatic carbocycles. The average Bonchev–Trinajstić information content (AvgIpc) is 3.12. The number of hydrogen-bond acceptors (Lipinski definition) is 4. The number of nitrogens with one attached hydrogen (secondary N) is 1. The Morgan fingerprint density at radius 3 is 2.44 bits per heavy atom. The molecule has 0 aliphatic heterocycles. The van der Waals surface area contributed by atoms with Gasteiger partial charge < -0.3 is 4.57 Å². The second-order valence-corrected chi connectivity index (χ2v) is 10.6. The summed E-state index contributed by atoms with van der Waals surface area (Å²) < 4.78 is 67.1. The van der Waals surface area contributed by atoms with E-state index in [9.17, 15) is 26.9 Å². The van der Waals surface area contributed by atoms with E-state index >= 15 is 0 Å². The minimum Gasteiger partial charge on any atom is -0.335 e. The molecule has 0 bridgehead atoms. The van der Waals surface area contributed by atoms with E-state index in [1.807, 2.05) is 0 Å². The van der Waals surface area contributed by atoms with Gasteiger partial charge in [-0.05, 0) is 43.5 Å². The highest BCUT2D eigenvalue weighted by molar-refractivity contribution is 7.89. The summed E-state index contributed by atoms with van der Waals surface area (Å²) >= 11 is 6.21. The first-order chi connectivity index (χ1) is 16.0. The van der Waals surface area contributed by atoms with Crippen molar-refractivity contribution in [3.05, 3.63) is 47.1 Å². The molecule has 2 aromatic heterocycles. The molecule has 1 N–H and O–H groups in total. The van der Waals surface area contributed by atoms with Crippen molar-refractivity contribution in [1.82, 2.24) is 14.3 Å². The Morgan fingerprint density at radius 1 is 1.21 bits per heavy atom. The number of sulfonamides is 1. The van der Waals surface area contributed by atoms with Gasteiger partial charge in [-0.3, -0.25) is 4.98 Å². The number of nitrogens with zero attached hydrogens (tertiary/aromatic N) is 3. The number of hydrogen-bond donors (Lipinski definition) is 1. The summed E-state index contributed by atoms with van der Waals surface area (Å²) in [6.45, 7) is 0.742. The highest BCUT2D eigenvalue weighted by Crippen LogP contribution is 2.40. The first kappa shape index (κ1) is 24.5. The zero-order valence-corrected chi connectivity index (χ0v) is 19.8. The fraction of sp³-hybridized carbons (Fsp3) is 0.391. The van der Waals surface area contributed by atoms with Crippen LogP contribution in [0.15, 0.2) is 41.4 Å². The zero-order chi connectivity index (χ0) is 24.7. The minimum atomic E-state index is -4.70. The summed E-state index contributed by atoms with van der Waals surface area (Å²) in [4.78, 5) is 4.08. The standard InChI is InChI=1S/C23H22ClF3N4O2S/c1-14(23(25,26)27)30-34(32,33)18-9-7-15(8-10-18)22-19(12-28)21-20(11-16(24)13-29-21)31(22)17-5-3-2-4-6-17/h7-11,13-14,17,30H,2-6H2,1H3. The molecule has 2 heterocycles. The molecule has 6 nitrogen and oxygen atoms in total. The van der Waals surface area contributed by atoms with Crippen LogP contribution in [0.3, 0.4) is 0 Å². The Kier molecular flexibility index (Phi) is 6.64. The van der Waals surface area contributed by atoms with Gasteiger partial charge in [-0.25, -0.2) is 8.42 Å². The highest BCUT2D eigenvalue weighted by atomic mass is 35.5. The molecule has 0 saturated heterocycles. The Bertz CT molecular complexity index is 1360.